The van der Waals surface area contributed by atoms with Crippen LogP contribution in [0.5, 0.6) is 0 Å². The van der Waals surface area contributed by atoms with Crippen LogP contribution in [0.1, 0.15) is 10.4 Å². The van der Waals surface area contributed by atoms with E-state index in [9.17, 15) is 4.79 Å². The summed E-state index contributed by atoms with van der Waals surface area (Å²) in [6.07, 6.45) is 2.76. The molecule has 0 atom stereocenters. The van der Waals surface area contributed by atoms with Crippen LogP contribution in [0.15, 0.2) is 29.0 Å². The zero-order chi connectivity index (χ0) is 11.5. The molecule has 2 aromatic rings. The molecule has 2 aromatic heterocycles. The van der Waals surface area contributed by atoms with E-state index in [1.807, 2.05) is 0 Å². The molecule has 1 amide bonds. The van der Waals surface area contributed by atoms with Crippen molar-refractivity contribution in [2.24, 2.45) is 0 Å². The highest BCUT2D eigenvalue weighted by Crippen LogP contribution is 2.18. The molecule has 0 spiro atoms. The van der Waals surface area contributed by atoms with Gasteiger partial charge < -0.3 is 9.73 Å². The van der Waals surface area contributed by atoms with Crippen molar-refractivity contribution in [2.75, 3.05) is 5.32 Å². The van der Waals surface area contributed by atoms with Crippen LogP contribution < -0.4 is 5.32 Å². The molecule has 7 heteroatoms. The van der Waals surface area contributed by atoms with Gasteiger partial charge in [-0.05, 0) is 35.3 Å². The number of hydrogen-bond donors (Lipinski definition) is 1. The first-order chi connectivity index (χ1) is 7.66. The predicted molar refractivity (Wildman–Crippen MR) is 58.7 cm³/mol. The van der Waals surface area contributed by atoms with E-state index in [1.54, 1.807) is 0 Å². The van der Waals surface area contributed by atoms with Crippen molar-refractivity contribution >= 4 is 34.9 Å². The number of nitrogens with zero attached hydrogens (tertiary/aromatic N) is 2. The molecule has 16 heavy (non-hydrogen) atoms. The zero-order valence-corrected chi connectivity index (χ0v) is 9.29. The fourth-order valence-electron chi connectivity index (χ4n) is 1.04. The van der Waals surface area contributed by atoms with Gasteiger partial charge in [0.1, 0.15) is 5.82 Å². The van der Waals surface area contributed by atoms with Gasteiger partial charge in [0.05, 0.1) is 11.8 Å². The van der Waals surface area contributed by atoms with Gasteiger partial charge in [-0.25, -0.2) is 9.97 Å². The number of halogens is 2. The number of carbonyl (C=O) groups is 1. The van der Waals surface area contributed by atoms with Gasteiger partial charge in [0, 0.05) is 6.20 Å². The lowest BCUT2D eigenvalue weighted by Gasteiger charge is -2.02. The second-order valence-electron chi connectivity index (χ2n) is 2.77. The molecule has 2 rings (SSSR count). The van der Waals surface area contributed by atoms with Gasteiger partial charge in [0.2, 0.25) is 10.5 Å². The van der Waals surface area contributed by atoms with Crippen molar-refractivity contribution in [2.45, 2.75) is 0 Å². The molecule has 0 saturated carbocycles. The maximum absolute atomic E-state index is 11.6. The van der Waals surface area contributed by atoms with E-state index < -0.39 is 5.91 Å². The topological polar surface area (TPSA) is 68.0 Å². The average Bonchev–Trinajstić information content (AvgIpc) is 2.64. The first kappa shape index (κ1) is 10.9. The molecule has 2 heterocycles. The van der Waals surface area contributed by atoms with E-state index in [0.717, 1.165) is 0 Å². The minimum Gasteiger partial charge on any atom is -0.452 e. The maximum Gasteiger partial charge on any atom is 0.261 e. The van der Waals surface area contributed by atoms with E-state index in [0.29, 0.717) is 5.82 Å². The molecule has 0 fully saturated rings. The van der Waals surface area contributed by atoms with Crippen LogP contribution in [0.25, 0.3) is 0 Å². The predicted octanol–water partition coefficient (Wildman–Crippen LogP) is 2.63. The average molecular weight is 258 g/mol. The molecular formula is C9H5Cl2N3O2. The Kier molecular flexibility index (Phi) is 3.07. The van der Waals surface area contributed by atoms with Crippen LogP contribution in [0.3, 0.4) is 0 Å². The number of amides is 1. The fraction of sp³-hybridized carbons (Fsp3) is 0. The molecule has 1 N–H and O–H groups in total. The summed E-state index contributed by atoms with van der Waals surface area (Å²) in [5, 5.41) is 2.58. The lowest BCUT2D eigenvalue weighted by molar-refractivity contribution is 0.102. The molecule has 0 unspecified atom stereocenters. The summed E-state index contributed by atoms with van der Waals surface area (Å²) in [6, 6.07) is 2.97. The minimum atomic E-state index is -0.423. The third-order valence-corrected chi connectivity index (χ3v) is 2.21. The monoisotopic (exact) mass is 257 g/mol. The second kappa shape index (κ2) is 4.51. The summed E-state index contributed by atoms with van der Waals surface area (Å²) in [7, 11) is 0. The largest absolute Gasteiger partial charge is 0.452 e. The van der Waals surface area contributed by atoms with Crippen LogP contribution in [-0.4, -0.2) is 15.9 Å². The van der Waals surface area contributed by atoms with Crippen molar-refractivity contribution in [3.8, 4) is 0 Å². The summed E-state index contributed by atoms with van der Waals surface area (Å²) in [5.74, 6) is -0.129. The van der Waals surface area contributed by atoms with Crippen LogP contribution in [-0.2, 0) is 0 Å². The van der Waals surface area contributed by atoms with Gasteiger partial charge in [-0.15, -0.1) is 0 Å². The number of hydrogen-bond acceptors (Lipinski definition) is 4. The van der Waals surface area contributed by atoms with Gasteiger partial charge in [0.25, 0.3) is 5.91 Å². The Hall–Kier alpha value is -1.59. The normalized spacial score (nSPS) is 10.1. The second-order valence-corrected chi connectivity index (χ2v) is 3.45. The molecular weight excluding hydrogens is 253 g/mol. The molecule has 0 aliphatic heterocycles. The molecule has 0 bridgehead atoms. The Morgan fingerprint density at radius 2 is 2.19 bits per heavy atom. The summed E-state index contributed by atoms with van der Waals surface area (Å²) in [4.78, 5) is 19.1. The molecule has 0 aliphatic carbocycles. The van der Waals surface area contributed by atoms with Gasteiger partial charge in [-0.1, -0.05) is 0 Å². The Morgan fingerprint density at radius 3 is 2.81 bits per heavy atom. The third-order valence-electron chi connectivity index (χ3n) is 1.73. The summed E-state index contributed by atoms with van der Waals surface area (Å²) < 4.78 is 4.79. The van der Waals surface area contributed by atoms with Gasteiger partial charge in [0.15, 0.2) is 0 Å². The minimum absolute atomic E-state index is 0.0256. The van der Waals surface area contributed by atoms with E-state index in [1.165, 1.54) is 24.6 Å². The lowest BCUT2D eigenvalue weighted by atomic mass is 10.3. The Balaban J connectivity index is 2.17. The fourth-order valence-corrected chi connectivity index (χ4v) is 1.39. The van der Waals surface area contributed by atoms with E-state index in [4.69, 9.17) is 27.6 Å². The molecule has 0 aliphatic rings. The van der Waals surface area contributed by atoms with Gasteiger partial charge in [-0.2, -0.15) is 0 Å². The van der Waals surface area contributed by atoms with Crippen molar-refractivity contribution in [3.05, 3.63) is 40.7 Å². The summed E-state index contributed by atoms with van der Waals surface area (Å²) in [6.45, 7) is 0. The summed E-state index contributed by atoms with van der Waals surface area (Å²) in [5.41, 5.74) is 0.233. The number of nitrogens with one attached hydrogen (secondary N) is 1. The van der Waals surface area contributed by atoms with Crippen LogP contribution in [0.4, 0.5) is 5.82 Å². The van der Waals surface area contributed by atoms with Gasteiger partial charge in [-0.3, -0.25) is 4.79 Å². The van der Waals surface area contributed by atoms with Crippen molar-refractivity contribution < 1.29 is 9.21 Å². The number of aromatic nitrogens is 2. The number of furan rings is 1. The molecule has 0 radical (unpaired) electrons. The van der Waals surface area contributed by atoms with E-state index in [-0.39, 0.29) is 16.1 Å². The molecule has 0 aromatic carbocycles. The summed E-state index contributed by atoms with van der Waals surface area (Å²) >= 11 is 11.2. The Bertz CT molecular complexity index is 527. The van der Waals surface area contributed by atoms with Crippen LogP contribution in [0.2, 0.25) is 10.5 Å². The highest BCUT2D eigenvalue weighted by atomic mass is 35.5. The molecule has 82 valence electrons. The Labute approximate surface area is 100 Å². The number of anilines is 1. The van der Waals surface area contributed by atoms with Crippen LogP contribution in [0, 0.1) is 0 Å². The van der Waals surface area contributed by atoms with Crippen molar-refractivity contribution in [1.29, 1.82) is 0 Å². The third kappa shape index (κ3) is 2.32. The molecule has 0 saturated heterocycles. The standard InChI is InChI=1S/C9H5Cl2N3O2/c10-7-5(2-4-16-7)8(15)13-6-1-3-12-9(11)14-6/h1-4H,(H,12,13,14,15). The highest BCUT2D eigenvalue weighted by Gasteiger charge is 2.13. The maximum atomic E-state index is 11.6. The Morgan fingerprint density at radius 1 is 1.38 bits per heavy atom. The number of carbonyl (C=O) groups excluding carboxylic acids is 1. The quantitative estimate of drug-likeness (QED) is 0.840. The highest BCUT2D eigenvalue weighted by molar-refractivity contribution is 6.32. The smallest absolute Gasteiger partial charge is 0.261 e. The first-order valence-electron chi connectivity index (χ1n) is 4.19. The number of rotatable bonds is 2. The van der Waals surface area contributed by atoms with E-state index in [2.05, 4.69) is 15.3 Å². The molecule has 5 nitrogen and oxygen atoms in total. The van der Waals surface area contributed by atoms with E-state index >= 15 is 0 Å². The first-order valence-corrected chi connectivity index (χ1v) is 4.95. The lowest BCUT2D eigenvalue weighted by Crippen LogP contribution is -2.12. The SMILES string of the molecule is O=C(Nc1ccnc(Cl)n1)c1ccoc1Cl. The zero-order valence-electron chi connectivity index (χ0n) is 7.78. The van der Waals surface area contributed by atoms with Crippen LogP contribution >= 0.6 is 23.2 Å². The van der Waals surface area contributed by atoms with Crippen molar-refractivity contribution in [3.63, 3.8) is 0 Å². The van der Waals surface area contributed by atoms with Crippen molar-refractivity contribution in [1.82, 2.24) is 9.97 Å². The van der Waals surface area contributed by atoms with Gasteiger partial charge >= 0.3 is 0 Å².